The third kappa shape index (κ3) is 4.74. The Balaban J connectivity index is 2.29. The van der Waals surface area contributed by atoms with Crippen LogP contribution in [0.3, 0.4) is 0 Å². The van der Waals surface area contributed by atoms with Crippen LogP contribution in [-0.2, 0) is 9.59 Å². The number of hydrogen-bond acceptors (Lipinski definition) is 6. The minimum Gasteiger partial charge on any atom is -0.492 e. The number of amides is 1. The number of carbonyl (C=O) groups excluding carboxylic acids is 1. The highest BCUT2D eigenvalue weighted by molar-refractivity contribution is 9.10. The molecular formula is C16H16BrNO5S2. The Morgan fingerprint density at radius 3 is 2.80 bits per heavy atom. The van der Waals surface area contributed by atoms with E-state index in [1.807, 2.05) is 13.0 Å². The Hall–Kier alpha value is -1.58. The second-order valence-electron chi connectivity index (χ2n) is 4.94. The van der Waals surface area contributed by atoms with E-state index in [1.165, 1.54) is 4.90 Å². The molecule has 1 fully saturated rings. The molecule has 25 heavy (non-hydrogen) atoms. The highest BCUT2D eigenvalue weighted by Crippen LogP contribution is 2.39. The van der Waals surface area contributed by atoms with E-state index >= 15 is 0 Å². The summed E-state index contributed by atoms with van der Waals surface area (Å²) < 4.78 is 11.9. The highest BCUT2D eigenvalue weighted by atomic mass is 79.9. The average Bonchev–Trinajstić information content (AvgIpc) is 2.79. The number of benzene rings is 1. The van der Waals surface area contributed by atoms with Crippen molar-refractivity contribution >= 4 is 62.2 Å². The third-order valence-electron chi connectivity index (χ3n) is 3.26. The van der Waals surface area contributed by atoms with Gasteiger partial charge in [-0.15, -0.1) is 0 Å². The summed E-state index contributed by atoms with van der Waals surface area (Å²) in [6.45, 7) is 2.41. The van der Waals surface area contributed by atoms with Crippen LogP contribution in [0, 0.1) is 0 Å². The zero-order valence-corrected chi connectivity index (χ0v) is 16.8. The Morgan fingerprint density at radius 1 is 1.48 bits per heavy atom. The van der Waals surface area contributed by atoms with Gasteiger partial charge in [-0.05, 0) is 46.6 Å². The van der Waals surface area contributed by atoms with Crippen LogP contribution in [0.1, 0.15) is 18.9 Å². The molecule has 6 nitrogen and oxygen atoms in total. The van der Waals surface area contributed by atoms with Gasteiger partial charge in [-0.25, -0.2) is 0 Å². The maximum Gasteiger partial charge on any atom is 0.305 e. The number of halogens is 1. The van der Waals surface area contributed by atoms with Gasteiger partial charge in [0.05, 0.1) is 29.5 Å². The van der Waals surface area contributed by atoms with Gasteiger partial charge in [0.2, 0.25) is 0 Å². The first-order chi connectivity index (χ1) is 11.9. The number of nitrogens with zero attached hydrogens (tertiary/aromatic N) is 1. The minimum atomic E-state index is -0.974. The first kappa shape index (κ1) is 19.7. The summed E-state index contributed by atoms with van der Waals surface area (Å²) >= 11 is 9.76. The number of ether oxygens (including phenoxy) is 2. The number of methoxy groups -OCH3 is 1. The molecule has 1 aromatic rings. The number of thiocarbonyl (C=S) groups is 1. The van der Waals surface area contributed by atoms with Gasteiger partial charge in [0.1, 0.15) is 4.32 Å². The van der Waals surface area contributed by atoms with E-state index in [4.69, 9.17) is 26.8 Å². The molecule has 0 atom stereocenters. The molecule has 0 aliphatic carbocycles. The lowest BCUT2D eigenvalue weighted by molar-refractivity contribution is -0.137. The van der Waals surface area contributed by atoms with Gasteiger partial charge in [-0.2, -0.15) is 0 Å². The van der Waals surface area contributed by atoms with Gasteiger partial charge in [-0.3, -0.25) is 14.5 Å². The molecule has 134 valence electrons. The largest absolute Gasteiger partial charge is 0.492 e. The third-order valence-corrected chi connectivity index (χ3v) is 5.22. The second-order valence-corrected chi connectivity index (χ2v) is 7.47. The maximum absolute atomic E-state index is 12.4. The number of thioether (sulfide) groups is 1. The van der Waals surface area contributed by atoms with E-state index in [0.717, 1.165) is 17.3 Å². The minimum absolute atomic E-state index is 0.0633. The van der Waals surface area contributed by atoms with Crippen molar-refractivity contribution in [2.45, 2.75) is 13.3 Å². The van der Waals surface area contributed by atoms with Crippen LogP contribution >= 0.6 is 39.9 Å². The predicted molar refractivity (Wildman–Crippen MR) is 104 cm³/mol. The maximum atomic E-state index is 12.4. The number of carboxylic acids is 1. The molecule has 1 saturated heterocycles. The van der Waals surface area contributed by atoms with Crippen LogP contribution in [0.4, 0.5) is 0 Å². The normalized spacial score (nSPS) is 15.8. The first-order valence-electron chi connectivity index (χ1n) is 7.34. The SMILES string of the molecule is CCOc1cc(/C=C2/SC(=S)N(CCC(=O)O)C2=O)cc(Br)c1OC. The van der Waals surface area contributed by atoms with Crippen LogP contribution in [-0.4, -0.2) is 46.5 Å². The highest BCUT2D eigenvalue weighted by Gasteiger charge is 2.32. The summed E-state index contributed by atoms with van der Waals surface area (Å²) in [5.41, 5.74) is 0.745. The topological polar surface area (TPSA) is 76.1 Å². The molecule has 2 rings (SSSR count). The van der Waals surface area contributed by atoms with Crippen molar-refractivity contribution in [1.29, 1.82) is 0 Å². The molecule has 0 unspecified atom stereocenters. The quantitative estimate of drug-likeness (QED) is 0.507. The Morgan fingerprint density at radius 2 is 2.20 bits per heavy atom. The van der Waals surface area contributed by atoms with Crippen molar-refractivity contribution in [2.75, 3.05) is 20.3 Å². The lowest BCUT2D eigenvalue weighted by Crippen LogP contribution is -2.30. The number of rotatable bonds is 7. The fraction of sp³-hybridized carbons (Fsp3) is 0.312. The van der Waals surface area contributed by atoms with Crippen molar-refractivity contribution in [1.82, 2.24) is 4.90 Å². The zero-order valence-electron chi connectivity index (χ0n) is 13.6. The van der Waals surface area contributed by atoms with Crippen molar-refractivity contribution in [3.05, 3.63) is 27.1 Å². The molecule has 9 heteroatoms. The van der Waals surface area contributed by atoms with E-state index in [9.17, 15) is 9.59 Å². The fourth-order valence-corrected chi connectivity index (χ4v) is 4.11. The van der Waals surface area contributed by atoms with Gasteiger partial charge in [0, 0.05) is 6.54 Å². The van der Waals surface area contributed by atoms with E-state index < -0.39 is 5.97 Å². The number of aliphatic carboxylic acids is 1. The Kier molecular flexibility index (Phi) is 6.86. The lowest BCUT2D eigenvalue weighted by Gasteiger charge is -2.13. The average molecular weight is 446 g/mol. The molecule has 0 spiro atoms. The van der Waals surface area contributed by atoms with Gasteiger partial charge >= 0.3 is 5.97 Å². The van der Waals surface area contributed by atoms with Crippen LogP contribution in [0.2, 0.25) is 0 Å². The monoisotopic (exact) mass is 445 g/mol. The van der Waals surface area contributed by atoms with Crippen LogP contribution < -0.4 is 9.47 Å². The summed E-state index contributed by atoms with van der Waals surface area (Å²) in [5, 5.41) is 8.77. The lowest BCUT2D eigenvalue weighted by atomic mass is 10.2. The predicted octanol–water partition coefficient (Wildman–Crippen LogP) is 3.53. The second kappa shape index (κ2) is 8.68. The van der Waals surface area contributed by atoms with Gasteiger partial charge in [0.15, 0.2) is 11.5 Å². The Labute approximate surface area is 163 Å². The van der Waals surface area contributed by atoms with Crippen LogP contribution in [0.5, 0.6) is 11.5 Å². The van der Waals surface area contributed by atoms with Crippen molar-refractivity contribution in [3.8, 4) is 11.5 Å². The van der Waals surface area contributed by atoms with Crippen molar-refractivity contribution < 1.29 is 24.2 Å². The van der Waals surface area contributed by atoms with Gasteiger partial charge < -0.3 is 14.6 Å². The summed E-state index contributed by atoms with van der Waals surface area (Å²) in [4.78, 5) is 24.9. The molecule has 1 aliphatic rings. The van der Waals surface area contributed by atoms with Crippen LogP contribution in [0.25, 0.3) is 6.08 Å². The molecule has 1 aromatic carbocycles. The van der Waals surface area contributed by atoms with Crippen LogP contribution in [0.15, 0.2) is 21.5 Å². The standard InChI is InChI=1S/C16H16BrNO5S2/c1-3-23-11-7-9(6-10(17)14(11)22-2)8-12-15(21)18(16(24)25-12)5-4-13(19)20/h6-8H,3-5H2,1-2H3,(H,19,20)/b12-8+. The summed E-state index contributed by atoms with van der Waals surface area (Å²) in [7, 11) is 1.55. The number of carbonyl (C=O) groups is 2. The van der Waals surface area contributed by atoms with E-state index in [-0.39, 0.29) is 18.9 Å². The van der Waals surface area contributed by atoms with Gasteiger partial charge in [-0.1, -0.05) is 24.0 Å². The summed E-state index contributed by atoms with van der Waals surface area (Å²) in [5.74, 6) is -0.125. The fourth-order valence-electron chi connectivity index (χ4n) is 2.18. The molecule has 0 aromatic heterocycles. The van der Waals surface area contributed by atoms with E-state index in [1.54, 1.807) is 19.3 Å². The molecular weight excluding hydrogens is 430 g/mol. The van der Waals surface area contributed by atoms with E-state index in [0.29, 0.717) is 31.8 Å². The van der Waals surface area contributed by atoms with E-state index in [2.05, 4.69) is 15.9 Å². The summed E-state index contributed by atoms with van der Waals surface area (Å²) in [6, 6.07) is 3.59. The van der Waals surface area contributed by atoms with Crippen molar-refractivity contribution in [2.24, 2.45) is 0 Å². The molecule has 1 aliphatic heterocycles. The molecule has 0 saturated carbocycles. The number of carboxylic acid groups (broad SMARTS) is 1. The summed E-state index contributed by atoms with van der Waals surface area (Å²) in [6.07, 6.45) is 1.55. The number of hydrogen-bond donors (Lipinski definition) is 1. The molecule has 0 bridgehead atoms. The first-order valence-corrected chi connectivity index (χ1v) is 9.36. The van der Waals surface area contributed by atoms with Gasteiger partial charge in [0.25, 0.3) is 5.91 Å². The molecule has 1 amide bonds. The smallest absolute Gasteiger partial charge is 0.305 e. The molecule has 1 heterocycles. The zero-order chi connectivity index (χ0) is 18.6. The Bertz CT molecular complexity index is 750. The molecule has 0 radical (unpaired) electrons. The van der Waals surface area contributed by atoms with Crippen molar-refractivity contribution in [3.63, 3.8) is 0 Å². The molecule has 1 N–H and O–H groups in total.